The van der Waals surface area contributed by atoms with Crippen LogP contribution in [0, 0.1) is 0 Å². The van der Waals surface area contributed by atoms with E-state index in [0.717, 1.165) is 18.7 Å². The average Bonchev–Trinajstić information content (AvgIpc) is 3.06. The molecule has 0 aliphatic carbocycles. The lowest BCUT2D eigenvalue weighted by Crippen LogP contribution is -2.32. The summed E-state index contributed by atoms with van der Waals surface area (Å²) in [5.41, 5.74) is 0.695. The van der Waals surface area contributed by atoms with Gasteiger partial charge in [-0.2, -0.15) is 0 Å². The zero-order chi connectivity index (χ0) is 15.4. The summed E-state index contributed by atoms with van der Waals surface area (Å²) < 4.78 is 3.94. The molecule has 21 heavy (non-hydrogen) atoms. The Morgan fingerprint density at radius 1 is 1.38 bits per heavy atom. The van der Waals surface area contributed by atoms with Crippen molar-refractivity contribution >= 4 is 5.91 Å². The molecule has 2 heterocycles. The van der Waals surface area contributed by atoms with Crippen LogP contribution in [0.1, 0.15) is 62.0 Å². The number of aryl methyl sites for hydroxylation is 1. The minimum Gasteiger partial charge on any atom is -0.341 e. The van der Waals surface area contributed by atoms with Crippen LogP contribution in [0.15, 0.2) is 30.7 Å². The van der Waals surface area contributed by atoms with Crippen LogP contribution in [-0.4, -0.2) is 20.0 Å². The highest BCUT2D eigenvalue weighted by Gasteiger charge is 2.20. The Morgan fingerprint density at radius 2 is 2.14 bits per heavy atom. The van der Waals surface area contributed by atoms with Gasteiger partial charge in [-0.05, 0) is 32.4 Å². The molecule has 0 saturated heterocycles. The normalized spacial score (nSPS) is 12.6. The van der Waals surface area contributed by atoms with Crippen molar-refractivity contribution in [2.75, 3.05) is 0 Å². The molecule has 1 atom stereocenters. The van der Waals surface area contributed by atoms with Gasteiger partial charge in [0.15, 0.2) is 0 Å². The number of imidazole rings is 1. The summed E-state index contributed by atoms with van der Waals surface area (Å²) in [5, 5.41) is 3.12. The fraction of sp³-hybridized carbons (Fsp3) is 0.500. The Kier molecular flexibility index (Phi) is 4.83. The van der Waals surface area contributed by atoms with E-state index in [9.17, 15) is 4.79 Å². The van der Waals surface area contributed by atoms with E-state index in [1.807, 2.05) is 40.7 Å². The molecular formula is C16H24N4O. The summed E-state index contributed by atoms with van der Waals surface area (Å²) in [6, 6.07) is 3.97. The van der Waals surface area contributed by atoms with E-state index in [-0.39, 0.29) is 18.0 Å². The van der Waals surface area contributed by atoms with E-state index in [0.29, 0.717) is 5.69 Å². The van der Waals surface area contributed by atoms with Gasteiger partial charge in [0, 0.05) is 31.7 Å². The highest BCUT2D eigenvalue weighted by atomic mass is 16.2. The number of amides is 1. The molecule has 0 spiro atoms. The van der Waals surface area contributed by atoms with Crippen molar-refractivity contribution in [1.82, 2.24) is 19.4 Å². The average molecular weight is 288 g/mol. The topological polar surface area (TPSA) is 51.9 Å². The number of hydrogen-bond acceptors (Lipinski definition) is 2. The van der Waals surface area contributed by atoms with Gasteiger partial charge in [-0.25, -0.2) is 4.98 Å². The fourth-order valence-electron chi connectivity index (χ4n) is 2.54. The Hall–Kier alpha value is -2.04. The molecule has 2 rings (SSSR count). The van der Waals surface area contributed by atoms with Crippen molar-refractivity contribution in [3.05, 3.63) is 42.2 Å². The standard InChI is InChI=1S/C16H24N4O/c1-5-7-13(15-17-9-11-19(15)4)18-16(21)14-8-6-10-20(14)12(2)3/h6,8-13H,5,7H2,1-4H3,(H,18,21)/t13-/m0/s1. The summed E-state index contributed by atoms with van der Waals surface area (Å²) in [5.74, 6) is 0.850. The molecule has 0 aromatic carbocycles. The number of aromatic nitrogens is 3. The summed E-state index contributed by atoms with van der Waals surface area (Å²) in [4.78, 5) is 16.9. The number of rotatable bonds is 6. The van der Waals surface area contributed by atoms with Gasteiger partial charge >= 0.3 is 0 Å². The lowest BCUT2D eigenvalue weighted by Gasteiger charge is -2.19. The lowest BCUT2D eigenvalue weighted by atomic mass is 10.1. The highest BCUT2D eigenvalue weighted by Crippen LogP contribution is 2.18. The van der Waals surface area contributed by atoms with Gasteiger partial charge in [0.05, 0.1) is 6.04 Å². The molecule has 1 N–H and O–H groups in total. The van der Waals surface area contributed by atoms with E-state index in [4.69, 9.17) is 0 Å². The van der Waals surface area contributed by atoms with Crippen molar-refractivity contribution in [2.24, 2.45) is 7.05 Å². The van der Waals surface area contributed by atoms with Gasteiger partial charge in [0.2, 0.25) is 0 Å². The number of hydrogen-bond donors (Lipinski definition) is 1. The zero-order valence-corrected chi connectivity index (χ0v) is 13.2. The minimum atomic E-state index is -0.0574. The third-order valence-corrected chi connectivity index (χ3v) is 3.62. The molecule has 1 amide bonds. The maximum atomic E-state index is 12.6. The summed E-state index contributed by atoms with van der Waals surface area (Å²) in [7, 11) is 1.95. The Morgan fingerprint density at radius 3 is 2.71 bits per heavy atom. The Labute approximate surface area is 126 Å². The van der Waals surface area contributed by atoms with Crippen LogP contribution in [0.3, 0.4) is 0 Å². The van der Waals surface area contributed by atoms with E-state index in [2.05, 4.69) is 31.1 Å². The smallest absolute Gasteiger partial charge is 0.268 e. The predicted octanol–water partition coefficient (Wildman–Crippen LogP) is 3.07. The fourth-order valence-corrected chi connectivity index (χ4v) is 2.54. The summed E-state index contributed by atoms with van der Waals surface area (Å²) in [6.45, 7) is 6.25. The molecule has 0 bridgehead atoms. The molecule has 2 aromatic heterocycles. The van der Waals surface area contributed by atoms with Crippen molar-refractivity contribution < 1.29 is 4.79 Å². The molecule has 114 valence electrons. The van der Waals surface area contributed by atoms with Crippen LogP contribution in [0.5, 0.6) is 0 Å². The summed E-state index contributed by atoms with van der Waals surface area (Å²) >= 11 is 0. The number of carbonyl (C=O) groups is 1. The molecule has 5 nitrogen and oxygen atoms in total. The minimum absolute atomic E-state index is 0.0462. The molecule has 0 aliphatic heterocycles. The first kappa shape index (κ1) is 15.4. The molecule has 2 aromatic rings. The van der Waals surface area contributed by atoms with E-state index in [1.54, 1.807) is 6.20 Å². The van der Waals surface area contributed by atoms with Crippen molar-refractivity contribution in [3.8, 4) is 0 Å². The number of nitrogens with one attached hydrogen (secondary N) is 1. The zero-order valence-electron chi connectivity index (χ0n) is 13.2. The van der Waals surface area contributed by atoms with E-state index in [1.165, 1.54) is 0 Å². The first-order chi connectivity index (χ1) is 10.0. The van der Waals surface area contributed by atoms with Crippen molar-refractivity contribution in [2.45, 2.75) is 45.7 Å². The largest absolute Gasteiger partial charge is 0.341 e. The van der Waals surface area contributed by atoms with Gasteiger partial charge in [-0.1, -0.05) is 13.3 Å². The summed E-state index contributed by atoms with van der Waals surface area (Å²) in [6.07, 6.45) is 7.47. The second-order valence-corrected chi connectivity index (χ2v) is 5.61. The van der Waals surface area contributed by atoms with Gasteiger partial charge in [-0.3, -0.25) is 4.79 Å². The van der Waals surface area contributed by atoms with Crippen molar-refractivity contribution in [3.63, 3.8) is 0 Å². The van der Waals surface area contributed by atoms with Crippen LogP contribution in [0.4, 0.5) is 0 Å². The molecule has 0 fully saturated rings. The Balaban J connectivity index is 2.19. The van der Waals surface area contributed by atoms with Gasteiger partial charge in [0.25, 0.3) is 5.91 Å². The first-order valence-corrected chi connectivity index (χ1v) is 7.49. The van der Waals surface area contributed by atoms with Gasteiger partial charge in [-0.15, -0.1) is 0 Å². The molecule has 0 aliphatic rings. The second kappa shape index (κ2) is 6.61. The van der Waals surface area contributed by atoms with Gasteiger partial charge in [0.1, 0.15) is 11.5 Å². The van der Waals surface area contributed by atoms with Crippen LogP contribution in [0.25, 0.3) is 0 Å². The third kappa shape index (κ3) is 3.35. The number of carbonyl (C=O) groups excluding carboxylic acids is 1. The first-order valence-electron chi connectivity index (χ1n) is 7.49. The monoisotopic (exact) mass is 288 g/mol. The highest BCUT2D eigenvalue weighted by molar-refractivity contribution is 5.93. The molecule has 0 unspecified atom stereocenters. The van der Waals surface area contributed by atoms with Crippen LogP contribution < -0.4 is 5.32 Å². The molecule has 5 heteroatoms. The number of nitrogens with zero attached hydrogens (tertiary/aromatic N) is 3. The second-order valence-electron chi connectivity index (χ2n) is 5.61. The maximum Gasteiger partial charge on any atom is 0.268 e. The SMILES string of the molecule is CCC[C@H](NC(=O)c1cccn1C(C)C)c1nccn1C. The predicted molar refractivity (Wildman–Crippen MR) is 83.1 cm³/mol. The third-order valence-electron chi connectivity index (χ3n) is 3.62. The lowest BCUT2D eigenvalue weighted by molar-refractivity contribution is 0.0921. The van der Waals surface area contributed by atoms with Crippen LogP contribution in [0.2, 0.25) is 0 Å². The van der Waals surface area contributed by atoms with Crippen LogP contribution in [-0.2, 0) is 7.05 Å². The molecule has 0 saturated carbocycles. The molecular weight excluding hydrogens is 264 g/mol. The van der Waals surface area contributed by atoms with Crippen LogP contribution >= 0.6 is 0 Å². The maximum absolute atomic E-state index is 12.6. The van der Waals surface area contributed by atoms with E-state index >= 15 is 0 Å². The van der Waals surface area contributed by atoms with Gasteiger partial charge < -0.3 is 14.5 Å². The van der Waals surface area contributed by atoms with E-state index < -0.39 is 0 Å². The quantitative estimate of drug-likeness (QED) is 0.888. The molecule has 0 radical (unpaired) electrons. The Bertz CT molecular complexity index is 597. The van der Waals surface area contributed by atoms with Crippen molar-refractivity contribution in [1.29, 1.82) is 0 Å².